The van der Waals surface area contributed by atoms with Crippen molar-refractivity contribution in [1.82, 2.24) is 14.5 Å². The topological polar surface area (TPSA) is 66.3 Å². The van der Waals surface area contributed by atoms with Crippen LogP contribution in [-0.4, -0.2) is 45.2 Å². The van der Waals surface area contributed by atoms with Gasteiger partial charge in [-0.25, -0.2) is 0 Å². The number of aromatic nitrogens is 2. The molecular formula is C10H17N3O2S. The van der Waals surface area contributed by atoms with Crippen molar-refractivity contribution >= 4 is 17.4 Å². The van der Waals surface area contributed by atoms with Gasteiger partial charge in [-0.3, -0.25) is 4.79 Å². The van der Waals surface area contributed by atoms with Crippen molar-refractivity contribution in [2.45, 2.75) is 26.7 Å². The smallest absolute Gasteiger partial charge is 0.267 e. The van der Waals surface area contributed by atoms with Crippen molar-refractivity contribution in [2.75, 3.05) is 19.7 Å². The molecule has 0 saturated carbocycles. The first kappa shape index (κ1) is 13.1. The zero-order valence-corrected chi connectivity index (χ0v) is 10.5. The van der Waals surface area contributed by atoms with Gasteiger partial charge in [0.25, 0.3) is 5.91 Å². The van der Waals surface area contributed by atoms with E-state index in [2.05, 4.69) is 16.5 Å². The highest BCUT2D eigenvalue weighted by atomic mass is 32.1. The van der Waals surface area contributed by atoms with Crippen LogP contribution < -0.4 is 0 Å². The molecule has 1 aromatic rings. The van der Waals surface area contributed by atoms with Gasteiger partial charge in [-0.05, 0) is 24.9 Å². The van der Waals surface area contributed by atoms with Gasteiger partial charge in [-0.2, -0.15) is 0 Å². The number of aryl methyl sites for hydroxylation is 1. The quantitative estimate of drug-likeness (QED) is 0.812. The molecule has 1 rings (SSSR count). The lowest BCUT2D eigenvalue weighted by Gasteiger charge is -2.20. The average Bonchev–Trinajstić information content (AvgIpc) is 2.69. The van der Waals surface area contributed by atoms with E-state index in [1.807, 2.05) is 0 Å². The van der Waals surface area contributed by atoms with Gasteiger partial charge in [0.15, 0.2) is 0 Å². The first-order valence-corrected chi connectivity index (χ1v) is 6.17. The lowest BCUT2D eigenvalue weighted by Crippen LogP contribution is -2.34. The maximum atomic E-state index is 12.1. The molecule has 1 amide bonds. The molecule has 0 aliphatic carbocycles. The molecule has 1 N–H and O–H groups in total. The number of hydrogen-bond donors (Lipinski definition) is 1. The van der Waals surface area contributed by atoms with Crippen LogP contribution in [0.1, 0.15) is 35.1 Å². The number of nitrogens with zero attached hydrogens (tertiary/aromatic N) is 3. The molecule has 0 radical (unpaired) electrons. The number of aliphatic hydroxyl groups is 1. The normalized spacial score (nSPS) is 10.4. The lowest BCUT2D eigenvalue weighted by atomic mass is 10.3. The summed E-state index contributed by atoms with van der Waals surface area (Å²) in [5.74, 6) is -0.0741. The van der Waals surface area contributed by atoms with E-state index in [4.69, 9.17) is 5.11 Å². The van der Waals surface area contributed by atoms with Gasteiger partial charge in [0.1, 0.15) is 4.88 Å². The Labute approximate surface area is 99.3 Å². The SMILES string of the molecule is CCCCN(CCO)C(=O)c1snnc1C. The van der Waals surface area contributed by atoms with Crippen LogP contribution >= 0.6 is 11.5 Å². The Morgan fingerprint density at radius 1 is 1.50 bits per heavy atom. The van der Waals surface area contributed by atoms with Crippen LogP contribution in [0.3, 0.4) is 0 Å². The van der Waals surface area contributed by atoms with Gasteiger partial charge in [-0.1, -0.05) is 17.8 Å². The fourth-order valence-electron chi connectivity index (χ4n) is 1.36. The highest BCUT2D eigenvalue weighted by Crippen LogP contribution is 2.13. The summed E-state index contributed by atoms with van der Waals surface area (Å²) in [4.78, 5) is 14.3. The summed E-state index contributed by atoms with van der Waals surface area (Å²) in [5, 5.41) is 12.7. The largest absolute Gasteiger partial charge is 0.395 e. The van der Waals surface area contributed by atoms with E-state index in [9.17, 15) is 4.79 Å². The second kappa shape index (κ2) is 6.55. The summed E-state index contributed by atoms with van der Waals surface area (Å²) in [6.45, 7) is 4.87. The molecule has 0 atom stereocenters. The van der Waals surface area contributed by atoms with Crippen LogP contribution in [0.2, 0.25) is 0 Å². The number of aliphatic hydroxyl groups excluding tert-OH is 1. The molecule has 0 spiro atoms. The maximum Gasteiger partial charge on any atom is 0.267 e. The highest BCUT2D eigenvalue weighted by Gasteiger charge is 2.19. The maximum absolute atomic E-state index is 12.1. The minimum absolute atomic E-state index is 0.0132. The standard InChI is InChI=1S/C10H17N3O2S/c1-3-4-5-13(6-7-14)10(15)9-8(2)11-12-16-9/h14H,3-7H2,1-2H3. The Morgan fingerprint density at radius 2 is 2.25 bits per heavy atom. The molecule has 0 aliphatic rings. The van der Waals surface area contributed by atoms with Gasteiger partial charge in [0.05, 0.1) is 12.3 Å². The summed E-state index contributed by atoms with van der Waals surface area (Å²) in [5.41, 5.74) is 0.662. The molecule has 0 unspecified atom stereocenters. The van der Waals surface area contributed by atoms with Crippen LogP contribution in [0.25, 0.3) is 0 Å². The Bertz CT molecular complexity index is 341. The third-order valence-electron chi connectivity index (χ3n) is 2.28. The van der Waals surface area contributed by atoms with Crippen LogP contribution in [0.4, 0.5) is 0 Å². The Morgan fingerprint density at radius 3 is 2.75 bits per heavy atom. The number of hydrogen-bond acceptors (Lipinski definition) is 5. The van der Waals surface area contributed by atoms with E-state index in [0.29, 0.717) is 23.7 Å². The molecule has 1 heterocycles. The van der Waals surface area contributed by atoms with E-state index in [-0.39, 0.29) is 12.5 Å². The molecule has 6 heteroatoms. The molecule has 90 valence electrons. The average molecular weight is 243 g/mol. The lowest BCUT2D eigenvalue weighted by molar-refractivity contribution is 0.0723. The van der Waals surface area contributed by atoms with Crippen LogP contribution in [0.15, 0.2) is 0 Å². The minimum Gasteiger partial charge on any atom is -0.395 e. The zero-order chi connectivity index (χ0) is 12.0. The van der Waals surface area contributed by atoms with Gasteiger partial charge >= 0.3 is 0 Å². The predicted molar refractivity (Wildman–Crippen MR) is 62.5 cm³/mol. The van der Waals surface area contributed by atoms with Crippen molar-refractivity contribution < 1.29 is 9.90 Å². The first-order chi connectivity index (χ1) is 7.70. The third-order valence-corrected chi connectivity index (χ3v) is 3.10. The number of carbonyl (C=O) groups is 1. The number of amides is 1. The van der Waals surface area contributed by atoms with Crippen LogP contribution in [0.5, 0.6) is 0 Å². The van der Waals surface area contributed by atoms with Crippen molar-refractivity contribution in [3.63, 3.8) is 0 Å². The Balaban J connectivity index is 2.70. The van der Waals surface area contributed by atoms with Gasteiger partial charge in [-0.15, -0.1) is 5.10 Å². The number of carbonyl (C=O) groups excluding carboxylic acids is 1. The monoisotopic (exact) mass is 243 g/mol. The summed E-state index contributed by atoms with van der Waals surface area (Å²) < 4.78 is 3.75. The van der Waals surface area contributed by atoms with E-state index in [1.165, 1.54) is 0 Å². The summed E-state index contributed by atoms with van der Waals surface area (Å²) in [6.07, 6.45) is 1.96. The first-order valence-electron chi connectivity index (χ1n) is 5.39. The van der Waals surface area contributed by atoms with Crippen LogP contribution in [0, 0.1) is 6.92 Å². The molecule has 0 aromatic carbocycles. The number of unbranched alkanes of at least 4 members (excludes halogenated alkanes) is 1. The molecular weight excluding hydrogens is 226 g/mol. The predicted octanol–water partition coefficient (Wildman–Crippen LogP) is 1.08. The van der Waals surface area contributed by atoms with E-state index >= 15 is 0 Å². The van der Waals surface area contributed by atoms with Crippen molar-refractivity contribution in [3.8, 4) is 0 Å². The fourth-order valence-corrected chi connectivity index (χ4v) is 1.98. The fraction of sp³-hybridized carbons (Fsp3) is 0.700. The zero-order valence-electron chi connectivity index (χ0n) is 9.64. The van der Waals surface area contributed by atoms with Gasteiger partial charge in [0, 0.05) is 13.1 Å². The van der Waals surface area contributed by atoms with E-state index < -0.39 is 0 Å². The molecule has 0 aliphatic heterocycles. The van der Waals surface area contributed by atoms with Gasteiger partial charge in [0.2, 0.25) is 0 Å². The summed E-state index contributed by atoms with van der Waals surface area (Å²) >= 11 is 1.11. The Hall–Kier alpha value is -1.01. The third kappa shape index (κ3) is 3.24. The summed E-state index contributed by atoms with van der Waals surface area (Å²) in [6, 6.07) is 0. The second-order valence-electron chi connectivity index (χ2n) is 3.56. The molecule has 16 heavy (non-hydrogen) atoms. The van der Waals surface area contributed by atoms with Crippen LogP contribution in [-0.2, 0) is 0 Å². The molecule has 0 fully saturated rings. The van der Waals surface area contributed by atoms with Crippen molar-refractivity contribution in [2.24, 2.45) is 0 Å². The molecule has 0 saturated heterocycles. The minimum atomic E-state index is -0.0741. The number of rotatable bonds is 6. The van der Waals surface area contributed by atoms with E-state index in [0.717, 1.165) is 24.4 Å². The van der Waals surface area contributed by atoms with Gasteiger partial charge < -0.3 is 10.0 Å². The van der Waals surface area contributed by atoms with Crippen molar-refractivity contribution in [3.05, 3.63) is 10.6 Å². The molecule has 0 bridgehead atoms. The van der Waals surface area contributed by atoms with E-state index in [1.54, 1.807) is 11.8 Å². The Kier molecular flexibility index (Phi) is 5.34. The molecule has 1 aromatic heterocycles. The highest BCUT2D eigenvalue weighted by molar-refractivity contribution is 7.07. The second-order valence-corrected chi connectivity index (χ2v) is 4.31. The van der Waals surface area contributed by atoms with Crippen molar-refractivity contribution in [1.29, 1.82) is 0 Å². The molecule has 5 nitrogen and oxygen atoms in total. The summed E-state index contributed by atoms with van der Waals surface area (Å²) in [7, 11) is 0.